The van der Waals surface area contributed by atoms with Crippen LogP contribution in [0.15, 0.2) is 36.5 Å². The predicted octanol–water partition coefficient (Wildman–Crippen LogP) is 6.14. The van der Waals surface area contributed by atoms with Crippen LogP contribution in [-0.2, 0) is 12.8 Å². The first kappa shape index (κ1) is 23.1. The highest BCUT2D eigenvalue weighted by Crippen LogP contribution is 2.23. The zero-order valence-electron chi connectivity index (χ0n) is 18.2. The molecule has 1 aromatic carbocycles. The Morgan fingerprint density at radius 1 is 0.828 bits per heavy atom. The van der Waals surface area contributed by atoms with Gasteiger partial charge in [0.05, 0.1) is 11.7 Å². The van der Waals surface area contributed by atoms with E-state index >= 15 is 0 Å². The Kier molecular flexibility index (Phi) is 10.5. The molecule has 0 N–H and O–H groups in total. The number of pyridine rings is 1. The van der Waals surface area contributed by atoms with Crippen LogP contribution in [0, 0.1) is 0 Å². The number of hydrogen-bond donors (Lipinski definition) is 0. The van der Waals surface area contributed by atoms with Gasteiger partial charge in [-0.2, -0.15) is 0 Å². The van der Waals surface area contributed by atoms with E-state index < -0.39 is 5.97 Å². The molecule has 0 spiro atoms. The average molecular weight is 395 g/mol. The molecule has 1 aromatic heterocycles. The molecule has 1 heterocycles. The summed E-state index contributed by atoms with van der Waals surface area (Å²) in [5.41, 5.74) is 4.33. The van der Waals surface area contributed by atoms with Gasteiger partial charge < -0.3 is 9.90 Å². The van der Waals surface area contributed by atoms with Gasteiger partial charge in [-0.15, -0.1) is 0 Å². The molecule has 0 saturated heterocycles. The summed E-state index contributed by atoms with van der Waals surface area (Å²) < 4.78 is 0. The standard InChI is InChI=1S/C26H37NO2/c1-3-5-7-9-10-12-14-22-19-23(16-17-24(22)26(28)29)25-18-15-21(20-27-25)13-11-8-6-4-2/h15-20H,3-14H2,1-2H3,(H,28,29)/p-1. The fourth-order valence-corrected chi connectivity index (χ4v) is 3.75. The highest BCUT2D eigenvalue weighted by Gasteiger charge is 2.08. The van der Waals surface area contributed by atoms with Gasteiger partial charge in [0.15, 0.2) is 0 Å². The van der Waals surface area contributed by atoms with Crippen molar-refractivity contribution in [2.75, 3.05) is 0 Å². The van der Waals surface area contributed by atoms with E-state index in [-0.39, 0.29) is 0 Å². The van der Waals surface area contributed by atoms with Gasteiger partial charge in [0.1, 0.15) is 0 Å². The van der Waals surface area contributed by atoms with Crippen LogP contribution in [-0.4, -0.2) is 11.0 Å². The number of rotatable bonds is 14. The Hall–Kier alpha value is -2.16. The smallest absolute Gasteiger partial charge is 0.0718 e. The number of carboxylic acid groups (broad SMARTS) is 1. The number of benzene rings is 1. The highest BCUT2D eigenvalue weighted by molar-refractivity contribution is 5.88. The van der Waals surface area contributed by atoms with E-state index in [1.54, 1.807) is 6.07 Å². The Bertz CT molecular complexity index is 737. The molecule has 0 unspecified atom stereocenters. The van der Waals surface area contributed by atoms with E-state index in [1.807, 2.05) is 18.3 Å². The van der Waals surface area contributed by atoms with Crippen LogP contribution in [0.1, 0.15) is 99.5 Å². The topological polar surface area (TPSA) is 53.0 Å². The van der Waals surface area contributed by atoms with E-state index in [1.165, 1.54) is 56.9 Å². The van der Waals surface area contributed by atoms with Crippen molar-refractivity contribution in [3.05, 3.63) is 53.2 Å². The Balaban J connectivity index is 2.01. The summed E-state index contributed by atoms with van der Waals surface area (Å²) in [6, 6.07) is 9.71. The van der Waals surface area contributed by atoms with Gasteiger partial charge in [-0.1, -0.05) is 83.4 Å². The lowest BCUT2D eigenvalue weighted by Gasteiger charge is -2.13. The van der Waals surface area contributed by atoms with Crippen LogP contribution in [0.3, 0.4) is 0 Å². The van der Waals surface area contributed by atoms with E-state index in [4.69, 9.17) is 0 Å². The van der Waals surface area contributed by atoms with E-state index in [0.717, 1.165) is 42.5 Å². The van der Waals surface area contributed by atoms with Crippen LogP contribution in [0.5, 0.6) is 0 Å². The number of carboxylic acids is 1. The number of aromatic carboxylic acids is 1. The summed E-state index contributed by atoms with van der Waals surface area (Å²) in [6.07, 6.45) is 16.0. The number of carbonyl (C=O) groups is 1. The molecule has 2 aromatic rings. The maximum atomic E-state index is 11.5. The van der Waals surface area contributed by atoms with Gasteiger partial charge >= 0.3 is 0 Å². The molecule has 0 aliphatic carbocycles. The zero-order valence-corrected chi connectivity index (χ0v) is 18.2. The first-order valence-corrected chi connectivity index (χ1v) is 11.4. The van der Waals surface area contributed by atoms with Crippen LogP contribution in [0.4, 0.5) is 0 Å². The van der Waals surface area contributed by atoms with Crippen LogP contribution >= 0.6 is 0 Å². The molecule has 0 radical (unpaired) electrons. The average Bonchev–Trinajstić information content (AvgIpc) is 2.74. The number of hydrogen-bond acceptors (Lipinski definition) is 3. The molecule has 158 valence electrons. The Morgan fingerprint density at radius 2 is 1.48 bits per heavy atom. The van der Waals surface area contributed by atoms with Crippen molar-refractivity contribution in [3.8, 4) is 11.3 Å². The number of nitrogens with zero attached hydrogens (tertiary/aromatic N) is 1. The summed E-state index contributed by atoms with van der Waals surface area (Å²) in [5.74, 6) is -1.09. The molecule has 3 heteroatoms. The molecule has 0 aliphatic rings. The van der Waals surface area contributed by atoms with Crippen molar-refractivity contribution in [1.82, 2.24) is 4.98 Å². The third kappa shape index (κ3) is 8.00. The van der Waals surface area contributed by atoms with Crippen molar-refractivity contribution in [3.63, 3.8) is 0 Å². The van der Waals surface area contributed by atoms with E-state index in [0.29, 0.717) is 5.56 Å². The fraction of sp³-hybridized carbons (Fsp3) is 0.538. The highest BCUT2D eigenvalue weighted by atomic mass is 16.4. The third-order valence-electron chi connectivity index (χ3n) is 5.56. The molecule has 29 heavy (non-hydrogen) atoms. The van der Waals surface area contributed by atoms with Gasteiger partial charge in [0, 0.05) is 17.3 Å². The number of carbonyl (C=O) groups excluding carboxylic acids is 1. The SMILES string of the molecule is CCCCCCCCc1cc(-c2ccc(CCCCCC)cn2)ccc1C(=O)[O-]. The number of unbranched alkanes of at least 4 members (excludes halogenated alkanes) is 8. The van der Waals surface area contributed by atoms with Gasteiger partial charge in [-0.25, -0.2) is 0 Å². The van der Waals surface area contributed by atoms with Gasteiger partial charge in [0.2, 0.25) is 0 Å². The van der Waals surface area contributed by atoms with Crippen LogP contribution in [0.25, 0.3) is 11.3 Å². The zero-order chi connectivity index (χ0) is 20.9. The number of aromatic nitrogens is 1. The van der Waals surface area contributed by atoms with Crippen molar-refractivity contribution >= 4 is 5.97 Å². The molecule has 2 rings (SSSR count). The Morgan fingerprint density at radius 3 is 2.14 bits per heavy atom. The fourth-order valence-electron chi connectivity index (χ4n) is 3.75. The molecular formula is C26H36NO2-. The summed E-state index contributed by atoms with van der Waals surface area (Å²) in [4.78, 5) is 16.1. The molecule has 0 amide bonds. The van der Waals surface area contributed by atoms with Crippen molar-refractivity contribution < 1.29 is 9.90 Å². The normalized spacial score (nSPS) is 11.0. The third-order valence-corrected chi connectivity index (χ3v) is 5.56. The van der Waals surface area contributed by atoms with Gasteiger partial charge in [-0.05, 0) is 48.9 Å². The lowest BCUT2D eigenvalue weighted by Crippen LogP contribution is -2.23. The molecular weight excluding hydrogens is 358 g/mol. The molecule has 0 fully saturated rings. The lowest BCUT2D eigenvalue weighted by atomic mass is 9.96. The van der Waals surface area contributed by atoms with Crippen molar-refractivity contribution in [1.29, 1.82) is 0 Å². The minimum atomic E-state index is -1.09. The van der Waals surface area contributed by atoms with Crippen molar-refractivity contribution in [2.45, 2.75) is 90.9 Å². The number of aryl methyl sites for hydroxylation is 2. The Labute approximate surface area is 176 Å². The summed E-state index contributed by atoms with van der Waals surface area (Å²) in [7, 11) is 0. The monoisotopic (exact) mass is 394 g/mol. The maximum Gasteiger partial charge on any atom is 0.0718 e. The second kappa shape index (κ2) is 13.1. The van der Waals surface area contributed by atoms with Crippen molar-refractivity contribution in [2.24, 2.45) is 0 Å². The van der Waals surface area contributed by atoms with E-state index in [2.05, 4.69) is 31.0 Å². The quantitative estimate of drug-likeness (QED) is 0.362. The summed E-state index contributed by atoms with van der Waals surface area (Å²) >= 11 is 0. The van der Waals surface area contributed by atoms with Gasteiger partial charge in [-0.3, -0.25) is 4.98 Å². The maximum absolute atomic E-state index is 11.5. The van der Waals surface area contributed by atoms with Crippen LogP contribution < -0.4 is 5.11 Å². The summed E-state index contributed by atoms with van der Waals surface area (Å²) in [6.45, 7) is 4.44. The first-order chi connectivity index (χ1) is 14.2. The van der Waals surface area contributed by atoms with Gasteiger partial charge in [0.25, 0.3) is 0 Å². The molecule has 0 saturated carbocycles. The largest absolute Gasteiger partial charge is 0.545 e. The minimum absolute atomic E-state index is 0.315. The molecule has 0 atom stereocenters. The second-order valence-electron chi connectivity index (χ2n) is 8.04. The summed E-state index contributed by atoms with van der Waals surface area (Å²) in [5, 5.41) is 11.5. The second-order valence-corrected chi connectivity index (χ2v) is 8.04. The molecule has 0 aliphatic heterocycles. The predicted molar refractivity (Wildman–Crippen MR) is 119 cm³/mol. The first-order valence-electron chi connectivity index (χ1n) is 11.4. The van der Waals surface area contributed by atoms with Crippen LogP contribution in [0.2, 0.25) is 0 Å². The van der Waals surface area contributed by atoms with E-state index in [9.17, 15) is 9.90 Å². The molecule has 0 bridgehead atoms. The molecule has 3 nitrogen and oxygen atoms in total. The minimum Gasteiger partial charge on any atom is -0.545 e. The lowest BCUT2D eigenvalue weighted by molar-refractivity contribution is -0.255.